The molecule has 100 valence electrons. The Balaban J connectivity index is 2.20. The van der Waals surface area contributed by atoms with E-state index in [1.807, 2.05) is 13.0 Å². The van der Waals surface area contributed by atoms with Crippen molar-refractivity contribution in [2.24, 2.45) is 0 Å². The lowest BCUT2D eigenvalue weighted by Gasteiger charge is -2.10. The third-order valence-electron chi connectivity index (χ3n) is 2.54. The third kappa shape index (κ3) is 3.64. The molecule has 1 N–H and O–H groups in total. The van der Waals surface area contributed by atoms with E-state index >= 15 is 0 Å². The Kier molecular flexibility index (Phi) is 3.71. The van der Waals surface area contributed by atoms with Crippen LogP contribution in [0.3, 0.4) is 0 Å². The molecule has 19 heavy (non-hydrogen) atoms. The molecule has 5 heteroatoms. The number of benzene rings is 2. The molecule has 0 saturated heterocycles. The third-order valence-corrected chi connectivity index (χ3v) is 2.76. The first-order valence-electron chi connectivity index (χ1n) is 5.56. The maximum absolute atomic E-state index is 12.4. The molecule has 0 saturated carbocycles. The quantitative estimate of drug-likeness (QED) is 0.778. The average Bonchev–Trinajstić information content (AvgIpc) is 2.26. The van der Waals surface area contributed by atoms with E-state index < -0.39 is 11.7 Å². The van der Waals surface area contributed by atoms with Gasteiger partial charge in [0.15, 0.2) is 0 Å². The van der Waals surface area contributed by atoms with Crippen LogP contribution in [0.4, 0.5) is 24.5 Å². The van der Waals surface area contributed by atoms with Crippen molar-refractivity contribution in [2.45, 2.75) is 13.1 Å². The minimum absolute atomic E-state index is 0.578. The zero-order valence-corrected chi connectivity index (χ0v) is 10.8. The summed E-state index contributed by atoms with van der Waals surface area (Å²) < 4.78 is 37.2. The lowest BCUT2D eigenvalue weighted by molar-refractivity contribution is -0.137. The van der Waals surface area contributed by atoms with Crippen LogP contribution < -0.4 is 5.32 Å². The molecule has 0 aromatic heterocycles. The highest BCUT2D eigenvalue weighted by Gasteiger charge is 2.29. The number of nitrogens with one attached hydrogen (secondary N) is 1. The van der Waals surface area contributed by atoms with E-state index in [-0.39, 0.29) is 0 Å². The SMILES string of the molecule is Cc1cc(Cl)cc(Nc2ccc(C(F)(F)F)cc2)c1. The molecule has 0 bridgehead atoms. The van der Waals surface area contributed by atoms with Gasteiger partial charge in [0.05, 0.1) is 5.56 Å². The Bertz CT molecular complexity index is 556. The number of halogens is 4. The molecule has 0 aliphatic rings. The summed E-state index contributed by atoms with van der Waals surface area (Å²) in [6.07, 6.45) is -4.31. The van der Waals surface area contributed by atoms with Crippen molar-refractivity contribution in [2.75, 3.05) is 5.32 Å². The van der Waals surface area contributed by atoms with E-state index in [9.17, 15) is 13.2 Å². The minimum Gasteiger partial charge on any atom is -0.355 e. The largest absolute Gasteiger partial charge is 0.416 e. The van der Waals surface area contributed by atoms with Gasteiger partial charge in [-0.15, -0.1) is 0 Å². The molecule has 0 unspecified atom stereocenters. The number of hydrogen-bond acceptors (Lipinski definition) is 1. The van der Waals surface area contributed by atoms with E-state index in [0.29, 0.717) is 10.7 Å². The van der Waals surface area contributed by atoms with E-state index in [4.69, 9.17) is 11.6 Å². The maximum atomic E-state index is 12.4. The predicted octanol–water partition coefficient (Wildman–Crippen LogP) is 5.41. The van der Waals surface area contributed by atoms with Crippen molar-refractivity contribution < 1.29 is 13.2 Å². The van der Waals surface area contributed by atoms with Crippen LogP contribution >= 0.6 is 11.6 Å². The molecule has 0 heterocycles. The fraction of sp³-hybridized carbons (Fsp3) is 0.143. The second-order valence-corrected chi connectivity index (χ2v) is 4.65. The first kappa shape index (κ1) is 13.7. The van der Waals surface area contributed by atoms with Gasteiger partial charge >= 0.3 is 6.18 Å². The summed E-state index contributed by atoms with van der Waals surface area (Å²) in [5.41, 5.74) is 1.63. The Morgan fingerprint density at radius 1 is 0.947 bits per heavy atom. The molecule has 0 fully saturated rings. The fourth-order valence-electron chi connectivity index (χ4n) is 1.72. The predicted molar refractivity (Wildman–Crippen MR) is 70.9 cm³/mol. The summed E-state index contributed by atoms with van der Waals surface area (Å²) in [5.74, 6) is 0. The van der Waals surface area contributed by atoms with Gasteiger partial charge in [0.1, 0.15) is 0 Å². The standard InChI is InChI=1S/C14H11ClF3N/c1-9-6-11(15)8-13(7-9)19-12-4-2-10(3-5-12)14(16,17)18/h2-8,19H,1H3. The van der Waals surface area contributed by atoms with Crippen LogP contribution in [0, 0.1) is 6.92 Å². The summed E-state index contributed by atoms with van der Waals surface area (Å²) in [7, 11) is 0. The number of anilines is 2. The number of hydrogen-bond donors (Lipinski definition) is 1. The molecule has 0 aliphatic heterocycles. The summed E-state index contributed by atoms with van der Waals surface area (Å²) in [5, 5.41) is 3.59. The highest BCUT2D eigenvalue weighted by molar-refractivity contribution is 6.30. The van der Waals surface area contributed by atoms with Crippen molar-refractivity contribution >= 4 is 23.0 Å². The molecule has 0 aliphatic carbocycles. The molecule has 1 nitrogen and oxygen atoms in total. The summed E-state index contributed by atoms with van der Waals surface area (Å²) in [6, 6.07) is 10.2. The van der Waals surface area contributed by atoms with Gasteiger partial charge in [0.2, 0.25) is 0 Å². The van der Waals surface area contributed by atoms with Gasteiger partial charge in [-0.05, 0) is 55.0 Å². The van der Waals surface area contributed by atoms with Crippen molar-refractivity contribution in [3.63, 3.8) is 0 Å². The maximum Gasteiger partial charge on any atom is 0.416 e. The first-order chi connectivity index (χ1) is 8.84. The van der Waals surface area contributed by atoms with Crippen LogP contribution in [0.25, 0.3) is 0 Å². The van der Waals surface area contributed by atoms with Gasteiger partial charge < -0.3 is 5.32 Å². The Hall–Kier alpha value is -1.68. The zero-order chi connectivity index (χ0) is 14.0. The minimum atomic E-state index is -4.31. The van der Waals surface area contributed by atoms with Gasteiger partial charge in [-0.25, -0.2) is 0 Å². The molecular weight excluding hydrogens is 275 g/mol. The first-order valence-corrected chi connectivity index (χ1v) is 5.94. The lowest BCUT2D eigenvalue weighted by atomic mass is 10.2. The number of alkyl halides is 3. The molecule has 2 rings (SSSR count). The normalized spacial score (nSPS) is 11.4. The van der Waals surface area contributed by atoms with Crippen LogP contribution in [0.1, 0.15) is 11.1 Å². The molecule has 0 spiro atoms. The molecule has 0 amide bonds. The Morgan fingerprint density at radius 3 is 2.11 bits per heavy atom. The van der Waals surface area contributed by atoms with Gasteiger partial charge in [0, 0.05) is 16.4 Å². The monoisotopic (exact) mass is 285 g/mol. The molecule has 0 atom stereocenters. The van der Waals surface area contributed by atoms with Crippen molar-refractivity contribution in [1.29, 1.82) is 0 Å². The average molecular weight is 286 g/mol. The van der Waals surface area contributed by atoms with E-state index in [0.717, 1.165) is 23.4 Å². The van der Waals surface area contributed by atoms with Crippen molar-refractivity contribution in [3.05, 3.63) is 58.6 Å². The zero-order valence-electron chi connectivity index (χ0n) is 10.1. The Labute approximate surface area is 114 Å². The Morgan fingerprint density at radius 2 is 1.58 bits per heavy atom. The van der Waals surface area contributed by atoms with E-state index in [1.165, 1.54) is 12.1 Å². The van der Waals surface area contributed by atoms with Crippen LogP contribution in [-0.4, -0.2) is 0 Å². The lowest BCUT2D eigenvalue weighted by Crippen LogP contribution is -2.04. The fourth-order valence-corrected chi connectivity index (χ4v) is 2.01. The number of aryl methyl sites for hydroxylation is 1. The van der Waals surface area contributed by atoms with Crippen molar-refractivity contribution in [1.82, 2.24) is 0 Å². The van der Waals surface area contributed by atoms with Crippen LogP contribution in [0.5, 0.6) is 0 Å². The van der Waals surface area contributed by atoms with Gasteiger partial charge in [-0.2, -0.15) is 13.2 Å². The van der Waals surface area contributed by atoms with Crippen molar-refractivity contribution in [3.8, 4) is 0 Å². The number of rotatable bonds is 2. The van der Waals surface area contributed by atoms with Gasteiger partial charge in [0.25, 0.3) is 0 Å². The summed E-state index contributed by atoms with van der Waals surface area (Å²) in [4.78, 5) is 0. The van der Waals surface area contributed by atoms with Gasteiger partial charge in [-0.1, -0.05) is 11.6 Å². The highest BCUT2D eigenvalue weighted by Crippen LogP contribution is 2.30. The molecular formula is C14H11ClF3N. The second-order valence-electron chi connectivity index (χ2n) is 4.22. The van der Waals surface area contributed by atoms with Crippen LogP contribution in [0.15, 0.2) is 42.5 Å². The topological polar surface area (TPSA) is 12.0 Å². The summed E-state index contributed by atoms with van der Waals surface area (Å²) >= 11 is 5.91. The van der Waals surface area contributed by atoms with Gasteiger partial charge in [-0.3, -0.25) is 0 Å². The molecule has 0 radical (unpaired) electrons. The highest BCUT2D eigenvalue weighted by atomic mass is 35.5. The molecule has 2 aromatic rings. The van der Waals surface area contributed by atoms with E-state index in [2.05, 4.69) is 5.32 Å². The van der Waals surface area contributed by atoms with E-state index in [1.54, 1.807) is 12.1 Å². The molecule has 2 aromatic carbocycles. The van der Waals surface area contributed by atoms with Crippen LogP contribution in [-0.2, 0) is 6.18 Å². The second kappa shape index (κ2) is 5.13. The summed E-state index contributed by atoms with van der Waals surface area (Å²) in [6.45, 7) is 1.89. The van der Waals surface area contributed by atoms with Crippen LogP contribution in [0.2, 0.25) is 5.02 Å². The smallest absolute Gasteiger partial charge is 0.355 e.